The van der Waals surface area contributed by atoms with Crippen molar-refractivity contribution in [2.45, 2.75) is 6.92 Å². The summed E-state index contributed by atoms with van der Waals surface area (Å²) in [6, 6.07) is 12.6. The second kappa shape index (κ2) is 3.49. The zero-order valence-corrected chi connectivity index (χ0v) is 9.07. The number of nitrogens with one attached hydrogen (secondary N) is 1. The molecule has 0 amide bonds. The van der Waals surface area contributed by atoms with Gasteiger partial charge in [-0.1, -0.05) is 12.1 Å². The third kappa shape index (κ3) is 1.48. The van der Waals surface area contributed by atoms with Gasteiger partial charge in [-0.05, 0) is 36.8 Å². The number of pyridine rings is 1. The standard InChI is InChI=1S/C14H12N2/c1-10-2-4-14(16-9-10)11-3-5-13-12(8-11)6-7-15-13/h2-9,15H,1H3. The van der Waals surface area contributed by atoms with Gasteiger partial charge in [-0.2, -0.15) is 0 Å². The molecule has 2 aromatic heterocycles. The molecule has 78 valence electrons. The van der Waals surface area contributed by atoms with Gasteiger partial charge in [-0.15, -0.1) is 0 Å². The van der Waals surface area contributed by atoms with E-state index < -0.39 is 0 Å². The van der Waals surface area contributed by atoms with E-state index in [1.807, 2.05) is 19.3 Å². The largest absolute Gasteiger partial charge is 0.361 e. The number of nitrogens with zero attached hydrogens (tertiary/aromatic N) is 1. The number of fused-ring (bicyclic) bond motifs is 1. The fraction of sp³-hybridized carbons (Fsp3) is 0.0714. The molecule has 0 aliphatic carbocycles. The first-order chi connectivity index (χ1) is 7.83. The minimum absolute atomic E-state index is 1.02. The van der Waals surface area contributed by atoms with Gasteiger partial charge < -0.3 is 4.98 Å². The fourth-order valence-corrected chi connectivity index (χ4v) is 1.85. The smallest absolute Gasteiger partial charge is 0.0702 e. The van der Waals surface area contributed by atoms with Crippen molar-refractivity contribution in [3.63, 3.8) is 0 Å². The Labute approximate surface area is 94.0 Å². The minimum atomic E-state index is 1.02. The Hall–Kier alpha value is -2.09. The molecule has 2 nitrogen and oxygen atoms in total. The average molecular weight is 208 g/mol. The molecule has 1 N–H and O–H groups in total. The van der Waals surface area contributed by atoms with Crippen molar-refractivity contribution in [1.29, 1.82) is 0 Å². The van der Waals surface area contributed by atoms with Gasteiger partial charge in [0.1, 0.15) is 0 Å². The second-order valence-corrected chi connectivity index (χ2v) is 4.00. The number of aromatic amines is 1. The molecule has 3 rings (SSSR count). The summed E-state index contributed by atoms with van der Waals surface area (Å²) in [5.74, 6) is 0. The molecule has 0 saturated carbocycles. The Balaban J connectivity index is 2.14. The van der Waals surface area contributed by atoms with Crippen molar-refractivity contribution in [2.24, 2.45) is 0 Å². The number of H-pyrrole nitrogens is 1. The van der Waals surface area contributed by atoms with Crippen molar-refractivity contribution in [2.75, 3.05) is 0 Å². The number of hydrogen-bond donors (Lipinski definition) is 1. The van der Waals surface area contributed by atoms with Gasteiger partial charge in [0.15, 0.2) is 0 Å². The first-order valence-corrected chi connectivity index (χ1v) is 5.33. The van der Waals surface area contributed by atoms with E-state index in [2.05, 4.69) is 46.4 Å². The zero-order chi connectivity index (χ0) is 11.0. The first-order valence-electron chi connectivity index (χ1n) is 5.33. The summed E-state index contributed by atoms with van der Waals surface area (Å²) < 4.78 is 0. The van der Waals surface area contributed by atoms with Gasteiger partial charge in [-0.25, -0.2) is 0 Å². The summed E-state index contributed by atoms with van der Waals surface area (Å²) >= 11 is 0. The maximum absolute atomic E-state index is 4.43. The van der Waals surface area contributed by atoms with Crippen LogP contribution in [0.3, 0.4) is 0 Å². The zero-order valence-electron chi connectivity index (χ0n) is 9.07. The van der Waals surface area contributed by atoms with Crippen LogP contribution in [-0.2, 0) is 0 Å². The van der Waals surface area contributed by atoms with Crippen LogP contribution in [-0.4, -0.2) is 9.97 Å². The van der Waals surface area contributed by atoms with Crippen LogP contribution in [0.5, 0.6) is 0 Å². The van der Waals surface area contributed by atoms with E-state index in [4.69, 9.17) is 0 Å². The van der Waals surface area contributed by atoms with E-state index in [-0.39, 0.29) is 0 Å². The lowest BCUT2D eigenvalue weighted by molar-refractivity contribution is 1.27. The molecule has 0 bridgehead atoms. The summed E-state index contributed by atoms with van der Waals surface area (Å²) in [7, 11) is 0. The van der Waals surface area contributed by atoms with Crippen LogP contribution in [0, 0.1) is 6.92 Å². The minimum Gasteiger partial charge on any atom is -0.361 e. The van der Waals surface area contributed by atoms with Crippen LogP contribution in [0.1, 0.15) is 5.56 Å². The molecular weight excluding hydrogens is 196 g/mol. The predicted octanol–water partition coefficient (Wildman–Crippen LogP) is 3.54. The van der Waals surface area contributed by atoms with Crippen molar-refractivity contribution in [3.8, 4) is 11.3 Å². The van der Waals surface area contributed by atoms with Crippen LogP contribution >= 0.6 is 0 Å². The molecule has 0 fully saturated rings. The molecule has 1 aromatic carbocycles. The first kappa shape index (κ1) is 9.16. The van der Waals surface area contributed by atoms with Crippen molar-refractivity contribution >= 4 is 10.9 Å². The number of aryl methyl sites for hydroxylation is 1. The van der Waals surface area contributed by atoms with Crippen molar-refractivity contribution < 1.29 is 0 Å². The number of aromatic nitrogens is 2. The number of hydrogen-bond acceptors (Lipinski definition) is 1. The Morgan fingerprint density at radius 1 is 1.06 bits per heavy atom. The molecule has 0 saturated heterocycles. The molecule has 0 aliphatic rings. The highest BCUT2D eigenvalue weighted by Crippen LogP contribution is 2.22. The summed E-state index contributed by atoms with van der Waals surface area (Å²) in [4.78, 5) is 7.62. The maximum atomic E-state index is 4.43. The summed E-state index contributed by atoms with van der Waals surface area (Å²) in [5.41, 5.74) is 4.53. The molecule has 2 heterocycles. The Morgan fingerprint density at radius 3 is 2.81 bits per heavy atom. The van der Waals surface area contributed by atoms with Gasteiger partial charge in [0.25, 0.3) is 0 Å². The molecule has 0 radical (unpaired) electrons. The van der Waals surface area contributed by atoms with E-state index in [1.165, 1.54) is 10.9 Å². The molecule has 16 heavy (non-hydrogen) atoms. The van der Waals surface area contributed by atoms with Crippen LogP contribution < -0.4 is 0 Å². The second-order valence-electron chi connectivity index (χ2n) is 4.00. The van der Waals surface area contributed by atoms with Crippen molar-refractivity contribution in [1.82, 2.24) is 9.97 Å². The van der Waals surface area contributed by atoms with Gasteiger partial charge in [0.2, 0.25) is 0 Å². The van der Waals surface area contributed by atoms with Gasteiger partial charge in [0, 0.05) is 28.9 Å². The summed E-state index contributed by atoms with van der Waals surface area (Å²) in [6.45, 7) is 2.05. The monoisotopic (exact) mass is 208 g/mol. The predicted molar refractivity (Wildman–Crippen MR) is 66.3 cm³/mol. The molecular formula is C14H12N2. The lowest BCUT2D eigenvalue weighted by Crippen LogP contribution is -1.83. The van der Waals surface area contributed by atoms with Crippen LogP contribution in [0.4, 0.5) is 0 Å². The third-order valence-electron chi connectivity index (χ3n) is 2.76. The van der Waals surface area contributed by atoms with Crippen LogP contribution in [0.25, 0.3) is 22.2 Å². The summed E-state index contributed by atoms with van der Waals surface area (Å²) in [6.07, 6.45) is 3.85. The lowest BCUT2D eigenvalue weighted by atomic mass is 10.1. The molecule has 0 unspecified atom stereocenters. The molecule has 3 aromatic rings. The van der Waals surface area contributed by atoms with Crippen LogP contribution in [0.15, 0.2) is 48.8 Å². The highest BCUT2D eigenvalue weighted by Gasteiger charge is 2.00. The molecule has 0 atom stereocenters. The average Bonchev–Trinajstić information content (AvgIpc) is 2.77. The van der Waals surface area contributed by atoms with E-state index in [0.29, 0.717) is 0 Å². The van der Waals surface area contributed by atoms with E-state index in [9.17, 15) is 0 Å². The molecule has 2 heteroatoms. The Bertz CT molecular complexity index is 621. The van der Waals surface area contributed by atoms with Gasteiger partial charge in [0.05, 0.1) is 5.69 Å². The van der Waals surface area contributed by atoms with E-state index in [0.717, 1.165) is 16.8 Å². The van der Waals surface area contributed by atoms with E-state index >= 15 is 0 Å². The Kier molecular flexibility index (Phi) is 2.00. The number of benzene rings is 1. The van der Waals surface area contributed by atoms with Gasteiger partial charge in [-0.3, -0.25) is 4.98 Å². The lowest BCUT2D eigenvalue weighted by Gasteiger charge is -2.01. The maximum Gasteiger partial charge on any atom is 0.0702 e. The number of rotatable bonds is 1. The van der Waals surface area contributed by atoms with E-state index in [1.54, 1.807) is 0 Å². The highest BCUT2D eigenvalue weighted by atomic mass is 14.7. The molecule has 0 spiro atoms. The quantitative estimate of drug-likeness (QED) is 0.651. The van der Waals surface area contributed by atoms with Gasteiger partial charge >= 0.3 is 0 Å². The normalized spacial score (nSPS) is 10.8. The highest BCUT2D eigenvalue weighted by molar-refractivity contribution is 5.84. The topological polar surface area (TPSA) is 28.7 Å². The SMILES string of the molecule is Cc1ccc(-c2ccc3[nH]ccc3c2)nc1. The fourth-order valence-electron chi connectivity index (χ4n) is 1.85. The van der Waals surface area contributed by atoms with Crippen LogP contribution in [0.2, 0.25) is 0 Å². The third-order valence-corrected chi connectivity index (χ3v) is 2.76. The van der Waals surface area contributed by atoms with Crippen molar-refractivity contribution in [3.05, 3.63) is 54.4 Å². The summed E-state index contributed by atoms with van der Waals surface area (Å²) in [5, 5.41) is 1.22. The Morgan fingerprint density at radius 2 is 2.00 bits per heavy atom. The molecule has 0 aliphatic heterocycles.